The molecule has 126 valence electrons. The van der Waals surface area contributed by atoms with Crippen molar-refractivity contribution in [3.05, 3.63) is 48.3 Å². The largest absolute Gasteiger partial charge is 0.356 e. The van der Waals surface area contributed by atoms with Crippen molar-refractivity contribution in [3.8, 4) is 0 Å². The summed E-state index contributed by atoms with van der Waals surface area (Å²) in [6.45, 7) is 4.31. The highest BCUT2D eigenvalue weighted by Gasteiger charge is 2.17. The summed E-state index contributed by atoms with van der Waals surface area (Å²) in [5, 5.41) is 2.88. The van der Waals surface area contributed by atoms with Crippen molar-refractivity contribution in [1.29, 1.82) is 0 Å². The van der Waals surface area contributed by atoms with Crippen LogP contribution in [0.3, 0.4) is 0 Å². The number of rotatable bonds is 5. The number of amides is 1. The molecule has 0 bridgehead atoms. The van der Waals surface area contributed by atoms with Crippen LogP contribution < -0.4 is 10.2 Å². The number of hydrogen-bond acceptors (Lipinski definition) is 4. The zero-order chi connectivity index (χ0) is 16.8. The van der Waals surface area contributed by atoms with Gasteiger partial charge >= 0.3 is 0 Å². The number of piperidine rings is 1. The molecule has 2 heterocycles. The lowest BCUT2D eigenvalue weighted by Crippen LogP contribution is -2.33. The summed E-state index contributed by atoms with van der Waals surface area (Å²) in [6.07, 6.45) is 5.07. The minimum absolute atomic E-state index is 0.0178. The highest BCUT2D eigenvalue weighted by Crippen LogP contribution is 2.22. The van der Waals surface area contributed by atoms with E-state index in [2.05, 4.69) is 27.1 Å². The smallest absolute Gasteiger partial charge is 0.225 e. The minimum atomic E-state index is -0.0178. The SMILES string of the molecule is CC1CCN(c2cc(NC(=O)CCc3ccccc3)ncn2)CC1. The van der Waals surface area contributed by atoms with Gasteiger partial charge in [0, 0.05) is 25.6 Å². The van der Waals surface area contributed by atoms with Gasteiger partial charge in [0.1, 0.15) is 18.0 Å². The topological polar surface area (TPSA) is 58.1 Å². The van der Waals surface area contributed by atoms with Gasteiger partial charge in [-0.05, 0) is 30.7 Å². The van der Waals surface area contributed by atoms with Crippen molar-refractivity contribution >= 4 is 17.5 Å². The first kappa shape index (κ1) is 16.4. The normalized spacial score (nSPS) is 15.3. The summed E-state index contributed by atoms with van der Waals surface area (Å²) in [5.41, 5.74) is 1.17. The molecule has 1 fully saturated rings. The van der Waals surface area contributed by atoms with E-state index in [1.165, 1.54) is 24.7 Å². The zero-order valence-corrected chi connectivity index (χ0v) is 14.1. The van der Waals surface area contributed by atoms with Crippen molar-refractivity contribution in [2.75, 3.05) is 23.3 Å². The molecule has 0 saturated carbocycles. The van der Waals surface area contributed by atoms with E-state index in [1.807, 2.05) is 36.4 Å². The molecule has 1 aliphatic heterocycles. The standard InChI is InChI=1S/C19H24N4O/c1-15-9-11-23(12-10-15)18-13-17(20-14-21-18)22-19(24)8-7-16-5-3-2-4-6-16/h2-6,13-15H,7-12H2,1H3,(H,20,21,22,24). The van der Waals surface area contributed by atoms with Gasteiger partial charge in [-0.15, -0.1) is 0 Å². The number of aromatic nitrogens is 2. The van der Waals surface area contributed by atoms with Crippen molar-refractivity contribution in [3.63, 3.8) is 0 Å². The Morgan fingerprint density at radius 1 is 1.21 bits per heavy atom. The second-order valence-electron chi connectivity index (χ2n) is 6.46. The first-order valence-corrected chi connectivity index (χ1v) is 8.61. The third-order valence-corrected chi connectivity index (χ3v) is 4.51. The maximum Gasteiger partial charge on any atom is 0.225 e. The molecule has 1 aromatic carbocycles. The van der Waals surface area contributed by atoms with Crippen LogP contribution in [0.1, 0.15) is 31.7 Å². The number of nitrogens with zero attached hydrogens (tertiary/aromatic N) is 3. The van der Waals surface area contributed by atoms with Gasteiger partial charge in [0.2, 0.25) is 5.91 Å². The van der Waals surface area contributed by atoms with Gasteiger partial charge in [0.25, 0.3) is 0 Å². The molecule has 0 radical (unpaired) electrons. The van der Waals surface area contributed by atoms with Crippen LogP contribution in [0.25, 0.3) is 0 Å². The second kappa shape index (κ2) is 7.90. The molecule has 1 amide bonds. The molecule has 0 atom stereocenters. The van der Waals surface area contributed by atoms with E-state index in [9.17, 15) is 4.79 Å². The van der Waals surface area contributed by atoms with Crippen LogP contribution in [-0.4, -0.2) is 29.0 Å². The van der Waals surface area contributed by atoms with Crippen molar-refractivity contribution in [1.82, 2.24) is 9.97 Å². The van der Waals surface area contributed by atoms with Crippen LogP contribution in [-0.2, 0) is 11.2 Å². The maximum absolute atomic E-state index is 12.1. The van der Waals surface area contributed by atoms with Gasteiger partial charge in [-0.25, -0.2) is 9.97 Å². The lowest BCUT2D eigenvalue weighted by Gasteiger charge is -2.31. The first-order chi connectivity index (χ1) is 11.7. The lowest BCUT2D eigenvalue weighted by molar-refractivity contribution is -0.116. The Hall–Kier alpha value is -2.43. The first-order valence-electron chi connectivity index (χ1n) is 8.61. The van der Waals surface area contributed by atoms with E-state index in [-0.39, 0.29) is 5.91 Å². The van der Waals surface area contributed by atoms with Gasteiger partial charge < -0.3 is 10.2 Å². The molecule has 2 aromatic rings. The Balaban J connectivity index is 1.55. The average Bonchev–Trinajstić information content (AvgIpc) is 2.62. The van der Waals surface area contributed by atoms with Crippen LogP contribution in [0, 0.1) is 5.92 Å². The van der Waals surface area contributed by atoms with Crippen molar-refractivity contribution in [2.24, 2.45) is 5.92 Å². The monoisotopic (exact) mass is 324 g/mol. The van der Waals surface area contributed by atoms with Crippen LogP contribution in [0.4, 0.5) is 11.6 Å². The van der Waals surface area contributed by atoms with Crippen molar-refractivity contribution < 1.29 is 4.79 Å². The third kappa shape index (κ3) is 4.54. The number of nitrogens with one attached hydrogen (secondary N) is 1. The summed E-state index contributed by atoms with van der Waals surface area (Å²) in [4.78, 5) is 22.9. The number of hydrogen-bond donors (Lipinski definition) is 1. The fourth-order valence-electron chi connectivity index (χ4n) is 2.93. The predicted molar refractivity (Wildman–Crippen MR) is 96.0 cm³/mol. The molecule has 24 heavy (non-hydrogen) atoms. The second-order valence-corrected chi connectivity index (χ2v) is 6.46. The Bertz CT molecular complexity index is 666. The van der Waals surface area contributed by atoms with E-state index in [0.29, 0.717) is 12.2 Å². The van der Waals surface area contributed by atoms with E-state index in [1.54, 1.807) is 0 Å². The maximum atomic E-state index is 12.1. The van der Waals surface area contributed by atoms with Crippen LogP contribution in [0.15, 0.2) is 42.7 Å². The molecule has 5 heteroatoms. The molecular weight excluding hydrogens is 300 g/mol. The molecule has 1 saturated heterocycles. The van der Waals surface area contributed by atoms with Gasteiger partial charge in [-0.3, -0.25) is 4.79 Å². The third-order valence-electron chi connectivity index (χ3n) is 4.51. The number of carbonyl (C=O) groups is 1. The predicted octanol–water partition coefficient (Wildman–Crippen LogP) is 3.28. The Morgan fingerprint density at radius 2 is 1.96 bits per heavy atom. The molecule has 3 rings (SSSR count). The molecule has 1 aliphatic rings. The fourth-order valence-corrected chi connectivity index (χ4v) is 2.93. The van der Waals surface area contributed by atoms with E-state index < -0.39 is 0 Å². The summed E-state index contributed by atoms with van der Waals surface area (Å²) in [6, 6.07) is 11.9. The summed E-state index contributed by atoms with van der Waals surface area (Å²) < 4.78 is 0. The number of carbonyl (C=O) groups excluding carboxylic acids is 1. The minimum Gasteiger partial charge on any atom is -0.356 e. The number of benzene rings is 1. The quantitative estimate of drug-likeness (QED) is 0.917. The Morgan fingerprint density at radius 3 is 2.71 bits per heavy atom. The van der Waals surface area contributed by atoms with Crippen LogP contribution >= 0.6 is 0 Å². The molecule has 0 spiro atoms. The summed E-state index contributed by atoms with van der Waals surface area (Å²) in [5.74, 6) is 2.24. The Kier molecular flexibility index (Phi) is 5.41. The average molecular weight is 324 g/mol. The summed E-state index contributed by atoms with van der Waals surface area (Å²) in [7, 11) is 0. The Labute approximate surface area is 143 Å². The molecule has 1 aromatic heterocycles. The van der Waals surface area contributed by atoms with E-state index in [4.69, 9.17) is 0 Å². The zero-order valence-electron chi connectivity index (χ0n) is 14.1. The van der Waals surface area contributed by atoms with E-state index >= 15 is 0 Å². The molecule has 1 N–H and O–H groups in total. The van der Waals surface area contributed by atoms with Crippen molar-refractivity contribution in [2.45, 2.75) is 32.6 Å². The molecule has 0 aliphatic carbocycles. The number of anilines is 2. The summed E-state index contributed by atoms with van der Waals surface area (Å²) >= 11 is 0. The fraction of sp³-hybridized carbons (Fsp3) is 0.421. The van der Waals surface area contributed by atoms with Crippen LogP contribution in [0.2, 0.25) is 0 Å². The highest BCUT2D eigenvalue weighted by atomic mass is 16.1. The van der Waals surface area contributed by atoms with Gasteiger partial charge in [0.15, 0.2) is 0 Å². The highest BCUT2D eigenvalue weighted by molar-refractivity contribution is 5.90. The van der Waals surface area contributed by atoms with Gasteiger partial charge in [-0.2, -0.15) is 0 Å². The van der Waals surface area contributed by atoms with Gasteiger partial charge in [0.05, 0.1) is 0 Å². The molecular formula is C19H24N4O. The van der Waals surface area contributed by atoms with E-state index in [0.717, 1.165) is 31.2 Å². The lowest BCUT2D eigenvalue weighted by atomic mass is 9.99. The number of aryl methyl sites for hydroxylation is 1. The molecule has 5 nitrogen and oxygen atoms in total. The van der Waals surface area contributed by atoms with Gasteiger partial charge in [-0.1, -0.05) is 37.3 Å². The molecule has 0 unspecified atom stereocenters. The van der Waals surface area contributed by atoms with Crippen LogP contribution in [0.5, 0.6) is 0 Å².